The summed E-state index contributed by atoms with van der Waals surface area (Å²) >= 11 is 3.38. The van der Waals surface area contributed by atoms with E-state index in [4.69, 9.17) is 9.47 Å². The van der Waals surface area contributed by atoms with Crippen LogP contribution in [0, 0.1) is 0 Å². The molecule has 2 heterocycles. The van der Waals surface area contributed by atoms with Crippen LogP contribution >= 0.6 is 15.9 Å². The minimum Gasteiger partial charge on any atom is -0.482 e. The van der Waals surface area contributed by atoms with Gasteiger partial charge in [-0.25, -0.2) is 0 Å². The highest BCUT2D eigenvalue weighted by Crippen LogP contribution is 2.34. The number of hydrogen-bond acceptors (Lipinski definition) is 5. The van der Waals surface area contributed by atoms with Crippen molar-refractivity contribution in [1.29, 1.82) is 0 Å². The van der Waals surface area contributed by atoms with E-state index in [9.17, 15) is 9.59 Å². The number of benzene rings is 1. The van der Waals surface area contributed by atoms with Crippen molar-refractivity contribution in [3.8, 4) is 5.75 Å². The van der Waals surface area contributed by atoms with Gasteiger partial charge >= 0.3 is 0 Å². The molecule has 1 fully saturated rings. The van der Waals surface area contributed by atoms with Crippen LogP contribution in [-0.4, -0.2) is 69.3 Å². The number of halogens is 1. The van der Waals surface area contributed by atoms with Crippen LogP contribution in [0.15, 0.2) is 22.7 Å². The zero-order chi connectivity index (χ0) is 17.6. The van der Waals surface area contributed by atoms with E-state index >= 15 is 0 Å². The van der Waals surface area contributed by atoms with Gasteiger partial charge in [0, 0.05) is 24.1 Å². The number of rotatable bonds is 6. The highest BCUT2D eigenvalue weighted by atomic mass is 79.9. The summed E-state index contributed by atoms with van der Waals surface area (Å²) in [7, 11) is 0. The minimum absolute atomic E-state index is 0.00831. The van der Waals surface area contributed by atoms with Crippen molar-refractivity contribution in [1.82, 2.24) is 10.2 Å². The largest absolute Gasteiger partial charge is 0.482 e. The summed E-state index contributed by atoms with van der Waals surface area (Å²) in [4.78, 5) is 28.1. The van der Waals surface area contributed by atoms with Crippen LogP contribution in [-0.2, 0) is 14.3 Å². The summed E-state index contributed by atoms with van der Waals surface area (Å²) in [6.45, 7) is 4.95. The third kappa shape index (κ3) is 4.93. The van der Waals surface area contributed by atoms with E-state index in [0.29, 0.717) is 18.0 Å². The summed E-state index contributed by atoms with van der Waals surface area (Å²) in [5.74, 6) is 0.235. The smallest absolute Gasteiger partial charge is 0.265 e. The molecule has 2 aliphatic rings. The van der Waals surface area contributed by atoms with E-state index in [0.717, 1.165) is 43.7 Å². The molecular formula is C17H22BrN3O4. The van der Waals surface area contributed by atoms with Gasteiger partial charge in [0.1, 0.15) is 12.3 Å². The number of fused-ring (bicyclic) bond motifs is 1. The summed E-state index contributed by atoms with van der Waals surface area (Å²) < 4.78 is 11.6. The van der Waals surface area contributed by atoms with Crippen molar-refractivity contribution < 1.29 is 19.1 Å². The maximum atomic E-state index is 12.2. The van der Waals surface area contributed by atoms with Gasteiger partial charge in [-0.15, -0.1) is 0 Å². The van der Waals surface area contributed by atoms with Crippen molar-refractivity contribution >= 4 is 33.4 Å². The van der Waals surface area contributed by atoms with Crippen molar-refractivity contribution in [3.63, 3.8) is 0 Å². The maximum absolute atomic E-state index is 12.2. The van der Waals surface area contributed by atoms with Gasteiger partial charge in [0.15, 0.2) is 6.61 Å². The fourth-order valence-corrected chi connectivity index (χ4v) is 3.25. The summed E-state index contributed by atoms with van der Waals surface area (Å²) in [5.41, 5.74) is 0.628. The number of nitrogens with zero attached hydrogens (tertiary/aromatic N) is 2. The lowest BCUT2D eigenvalue weighted by atomic mass is 10.2. The highest BCUT2D eigenvalue weighted by molar-refractivity contribution is 9.10. The first-order chi connectivity index (χ1) is 12.1. The molecule has 3 rings (SSSR count). The number of ether oxygens (including phenoxy) is 2. The van der Waals surface area contributed by atoms with E-state index in [2.05, 4.69) is 26.1 Å². The molecule has 0 saturated carbocycles. The third-order valence-electron chi connectivity index (χ3n) is 4.24. The molecule has 7 nitrogen and oxygen atoms in total. The number of amides is 2. The fraction of sp³-hybridized carbons (Fsp3) is 0.529. The summed E-state index contributed by atoms with van der Waals surface area (Å²) in [6, 6.07) is 5.41. The van der Waals surface area contributed by atoms with E-state index in [1.165, 1.54) is 4.90 Å². The van der Waals surface area contributed by atoms with Crippen LogP contribution in [0.25, 0.3) is 0 Å². The Morgan fingerprint density at radius 1 is 1.28 bits per heavy atom. The molecule has 0 unspecified atom stereocenters. The van der Waals surface area contributed by atoms with Crippen LogP contribution in [0.2, 0.25) is 0 Å². The first kappa shape index (κ1) is 18.2. The third-order valence-corrected chi connectivity index (χ3v) is 4.74. The Labute approximate surface area is 155 Å². The highest BCUT2D eigenvalue weighted by Gasteiger charge is 2.27. The van der Waals surface area contributed by atoms with E-state index in [-0.39, 0.29) is 25.0 Å². The number of hydrogen-bond donors (Lipinski definition) is 1. The van der Waals surface area contributed by atoms with E-state index in [1.54, 1.807) is 12.1 Å². The standard InChI is InChI=1S/C17H22BrN3O4/c18-13-2-3-14-15(10-13)25-12-17(23)21(14)11-16(22)19-4-1-5-20-6-8-24-9-7-20/h2-3,10H,1,4-9,11-12H2,(H,19,22). The molecular weight excluding hydrogens is 390 g/mol. The summed E-state index contributed by atoms with van der Waals surface area (Å²) in [6.07, 6.45) is 0.881. The second-order valence-corrected chi connectivity index (χ2v) is 6.95. The Hall–Kier alpha value is -1.64. The van der Waals surface area contributed by atoms with Gasteiger partial charge in [0.05, 0.1) is 18.9 Å². The molecule has 0 aliphatic carbocycles. The van der Waals surface area contributed by atoms with E-state index in [1.807, 2.05) is 6.07 Å². The lowest BCUT2D eigenvalue weighted by Gasteiger charge is -2.29. The average Bonchev–Trinajstić information content (AvgIpc) is 2.62. The molecule has 0 radical (unpaired) electrons. The van der Waals surface area contributed by atoms with Crippen LogP contribution in [0.3, 0.4) is 0 Å². The second-order valence-electron chi connectivity index (χ2n) is 6.04. The predicted octanol–water partition coefficient (Wildman–Crippen LogP) is 1.01. The fourth-order valence-electron chi connectivity index (χ4n) is 2.91. The Balaban J connectivity index is 1.46. The van der Waals surface area contributed by atoms with Crippen molar-refractivity contribution in [3.05, 3.63) is 22.7 Å². The van der Waals surface area contributed by atoms with Crippen molar-refractivity contribution in [2.45, 2.75) is 6.42 Å². The SMILES string of the molecule is O=C(CN1C(=O)COc2cc(Br)ccc21)NCCCN1CCOCC1. The lowest BCUT2D eigenvalue weighted by Crippen LogP contribution is -2.45. The van der Waals surface area contributed by atoms with Crippen LogP contribution < -0.4 is 15.0 Å². The molecule has 25 heavy (non-hydrogen) atoms. The molecule has 0 atom stereocenters. The Kier molecular flexibility index (Phi) is 6.28. The molecule has 2 amide bonds. The maximum Gasteiger partial charge on any atom is 0.265 e. The monoisotopic (exact) mass is 411 g/mol. The Morgan fingerprint density at radius 2 is 2.08 bits per heavy atom. The number of carbonyl (C=O) groups excluding carboxylic acids is 2. The molecule has 1 N–H and O–H groups in total. The van der Waals surface area contributed by atoms with Crippen LogP contribution in [0.4, 0.5) is 5.69 Å². The lowest BCUT2D eigenvalue weighted by molar-refractivity contribution is -0.125. The van der Waals surface area contributed by atoms with Crippen LogP contribution in [0.1, 0.15) is 6.42 Å². The normalized spacial score (nSPS) is 17.8. The molecule has 0 spiro atoms. The first-order valence-electron chi connectivity index (χ1n) is 8.43. The van der Waals surface area contributed by atoms with Gasteiger partial charge in [-0.2, -0.15) is 0 Å². The average molecular weight is 412 g/mol. The second kappa shape index (κ2) is 8.64. The first-order valence-corrected chi connectivity index (χ1v) is 9.22. The number of anilines is 1. The molecule has 136 valence electrons. The quantitative estimate of drug-likeness (QED) is 0.707. The van der Waals surface area contributed by atoms with Gasteiger partial charge in [-0.3, -0.25) is 19.4 Å². The Morgan fingerprint density at radius 3 is 2.88 bits per heavy atom. The molecule has 0 bridgehead atoms. The molecule has 2 aliphatic heterocycles. The molecule has 0 aromatic heterocycles. The van der Waals surface area contributed by atoms with Gasteiger partial charge in [0.25, 0.3) is 5.91 Å². The van der Waals surface area contributed by atoms with Gasteiger partial charge < -0.3 is 14.8 Å². The summed E-state index contributed by atoms with van der Waals surface area (Å²) in [5, 5.41) is 2.89. The minimum atomic E-state index is -0.210. The van der Waals surface area contributed by atoms with Crippen molar-refractivity contribution in [2.24, 2.45) is 0 Å². The van der Waals surface area contributed by atoms with Gasteiger partial charge in [-0.1, -0.05) is 15.9 Å². The molecule has 1 saturated heterocycles. The topological polar surface area (TPSA) is 71.1 Å². The zero-order valence-corrected chi connectivity index (χ0v) is 15.6. The predicted molar refractivity (Wildman–Crippen MR) is 96.9 cm³/mol. The molecule has 8 heteroatoms. The van der Waals surface area contributed by atoms with Gasteiger partial charge in [-0.05, 0) is 31.2 Å². The molecule has 1 aromatic rings. The van der Waals surface area contributed by atoms with Crippen molar-refractivity contribution in [2.75, 3.05) is 57.4 Å². The number of morpholine rings is 1. The molecule has 1 aromatic carbocycles. The number of carbonyl (C=O) groups is 2. The number of nitrogens with one attached hydrogen (secondary N) is 1. The van der Waals surface area contributed by atoms with Gasteiger partial charge in [0.2, 0.25) is 5.91 Å². The Bertz CT molecular complexity index is 634. The van der Waals surface area contributed by atoms with E-state index < -0.39 is 0 Å². The zero-order valence-electron chi connectivity index (χ0n) is 14.0. The van der Waals surface area contributed by atoms with Crippen LogP contribution in [0.5, 0.6) is 5.75 Å².